The summed E-state index contributed by atoms with van der Waals surface area (Å²) in [6, 6.07) is 5.66. The van der Waals surface area contributed by atoms with Gasteiger partial charge in [0.1, 0.15) is 18.2 Å². The Morgan fingerprint density at radius 1 is 1.27 bits per heavy atom. The van der Waals surface area contributed by atoms with Gasteiger partial charge in [-0.1, -0.05) is 17.4 Å². The SMILES string of the molecule is Cc1cc(-c2cnc(OCc3c(F)cccc3F)s2)n(C)n1. The highest BCUT2D eigenvalue weighted by Gasteiger charge is 2.13. The zero-order valence-electron chi connectivity index (χ0n) is 12.0. The average molecular weight is 321 g/mol. The van der Waals surface area contributed by atoms with E-state index in [9.17, 15) is 8.78 Å². The van der Waals surface area contributed by atoms with Gasteiger partial charge < -0.3 is 4.74 Å². The highest BCUT2D eigenvalue weighted by atomic mass is 32.1. The first-order valence-electron chi connectivity index (χ1n) is 6.57. The number of hydrogen-bond acceptors (Lipinski definition) is 4. The third kappa shape index (κ3) is 2.85. The summed E-state index contributed by atoms with van der Waals surface area (Å²) >= 11 is 1.31. The van der Waals surface area contributed by atoms with Crippen LogP contribution in [0.25, 0.3) is 10.6 Å². The predicted octanol–water partition coefficient (Wildman–Crippen LogP) is 3.71. The lowest BCUT2D eigenvalue weighted by Gasteiger charge is -2.04. The Labute approximate surface area is 130 Å². The quantitative estimate of drug-likeness (QED) is 0.735. The van der Waals surface area contributed by atoms with E-state index in [1.54, 1.807) is 10.9 Å². The summed E-state index contributed by atoms with van der Waals surface area (Å²) in [7, 11) is 1.84. The van der Waals surface area contributed by atoms with Gasteiger partial charge in [-0.15, -0.1) is 0 Å². The molecule has 0 amide bonds. The van der Waals surface area contributed by atoms with Gasteiger partial charge in [-0.25, -0.2) is 13.8 Å². The molecule has 0 aliphatic rings. The van der Waals surface area contributed by atoms with E-state index in [0.29, 0.717) is 5.19 Å². The molecule has 2 aromatic heterocycles. The summed E-state index contributed by atoms with van der Waals surface area (Å²) in [4.78, 5) is 5.01. The van der Waals surface area contributed by atoms with E-state index >= 15 is 0 Å². The Morgan fingerprint density at radius 3 is 2.64 bits per heavy atom. The lowest BCUT2D eigenvalue weighted by Crippen LogP contribution is -2.01. The number of benzene rings is 1. The van der Waals surface area contributed by atoms with Gasteiger partial charge in [-0.2, -0.15) is 5.10 Å². The molecule has 0 bridgehead atoms. The monoisotopic (exact) mass is 321 g/mol. The molecule has 0 atom stereocenters. The average Bonchev–Trinajstić information content (AvgIpc) is 3.04. The van der Waals surface area contributed by atoms with Gasteiger partial charge in [0.15, 0.2) is 0 Å². The number of ether oxygens (including phenoxy) is 1. The van der Waals surface area contributed by atoms with E-state index in [1.807, 2.05) is 20.0 Å². The fourth-order valence-corrected chi connectivity index (χ4v) is 2.90. The fourth-order valence-electron chi connectivity index (χ4n) is 2.09. The normalized spacial score (nSPS) is 10.9. The first-order valence-corrected chi connectivity index (χ1v) is 7.39. The first kappa shape index (κ1) is 14.6. The van der Waals surface area contributed by atoms with Gasteiger partial charge >= 0.3 is 0 Å². The van der Waals surface area contributed by atoms with Crippen molar-refractivity contribution < 1.29 is 13.5 Å². The largest absolute Gasteiger partial charge is 0.465 e. The topological polar surface area (TPSA) is 39.9 Å². The number of halogens is 2. The smallest absolute Gasteiger partial charge is 0.274 e. The van der Waals surface area contributed by atoms with Crippen molar-refractivity contribution in [2.75, 3.05) is 0 Å². The Kier molecular flexibility index (Phi) is 3.89. The Hall–Kier alpha value is -2.28. The zero-order chi connectivity index (χ0) is 15.7. The molecule has 114 valence electrons. The lowest BCUT2D eigenvalue weighted by atomic mass is 10.2. The van der Waals surface area contributed by atoms with Crippen molar-refractivity contribution in [1.82, 2.24) is 14.8 Å². The van der Waals surface area contributed by atoms with Crippen LogP contribution in [0.4, 0.5) is 8.78 Å². The van der Waals surface area contributed by atoms with Crippen LogP contribution in [0.1, 0.15) is 11.3 Å². The Bertz CT molecular complexity index is 793. The standard InChI is InChI=1S/C15H13F2N3OS/c1-9-6-13(20(2)19-9)14-7-18-15(22-14)21-8-10-11(16)4-3-5-12(10)17/h3-7H,8H2,1-2H3. The summed E-state index contributed by atoms with van der Waals surface area (Å²) in [6.45, 7) is 1.71. The second-order valence-electron chi connectivity index (χ2n) is 4.77. The molecule has 3 aromatic rings. The van der Waals surface area contributed by atoms with Gasteiger partial charge in [0, 0.05) is 7.05 Å². The van der Waals surface area contributed by atoms with Crippen molar-refractivity contribution in [3.05, 3.63) is 53.4 Å². The molecule has 0 saturated carbocycles. The molecule has 0 radical (unpaired) electrons. The van der Waals surface area contributed by atoms with Crippen molar-refractivity contribution in [2.45, 2.75) is 13.5 Å². The van der Waals surface area contributed by atoms with Crippen molar-refractivity contribution in [3.8, 4) is 15.8 Å². The Balaban J connectivity index is 1.76. The third-order valence-corrected chi connectivity index (χ3v) is 4.07. The van der Waals surface area contributed by atoms with Crippen LogP contribution in [0, 0.1) is 18.6 Å². The molecule has 1 aromatic carbocycles. The molecule has 22 heavy (non-hydrogen) atoms. The van der Waals surface area contributed by atoms with Crippen LogP contribution in [-0.2, 0) is 13.7 Å². The number of aromatic nitrogens is 3. The molecule has 0 unspecified atom stereocenters. The second kappa shape index (κ2) is 5.84. The molecule has 0 aliphatic heterocycles. The maximum Gasteiger partial charge on any atom is 0.274 e. The number of aryl methyl sites for hydroxylation is 2. The molecule has 0 spiro atoms. The van der Waals surface area contributed by atoms with Crippen LogP contribution in [0.3, 0.4) is 0 Å². The minimum absolute atomic E-state index is 0.101. The van der Waals surface area contributed by atoms with Crippen LogP contribution in [0.15, 0.2) is 30.5 Å². The van der Waals surface area contributed by atoms with Crippen molar-refractivity contribution in [2.24, 2.45) is 7.05 Å². The van der Waals surface area contributed by atoms with Crippen LogP contribution in [0.2, 0.25) is 0 Å². The van der Waals surface area contributed by atoms with E-state index in [-0.39, 0.29) is 12.2 Å². The van der Waals surface area contributed by atoms with Gasteiger partial charge in [0.25, 0.3) is 5.19 Å². The summed E-state index contributed by atoms with van der Waals surface area (Å²) < 4.78 is 34.2. The summed E-state index contributed by atoms with van der Waals surface area (Å²) in [6.07, 6.45) is 1.66. The van der Waals surface area contributed by atoms with Gasteiger partial charge in [-0.05, 0) is 25.1 Å². The fraction of sp³-hybridized carbons (Fsp3) is 0.200. The highest BCUT2D eigenvalue weighted by molar-refractivity contribution is 7.16. The minimum atomic E-state index is -0.626. The van der Waals surface area contributed by atoms with E-state index in [4.69, 9.17) is 4.74 Å². The lowest BCUT2D eigenvalue weighted by molar-refractivity contribution is 0.291. The summed E-state index contributed by atoms with van der Waals surface area (Å²) in [5.74, 6) is -1.25. The maximum absolute atomic E-state index is 13.5. The van der Waals surface area contributed by atoms with Gasteiger partial charge in [0.2, 0.25) is 0 Å². The molecule has 0 fully saturated rings. The number of hydrogen-bond donors (Lipinski definition) is 0. The predicted molar refractivity (Wildman–Crippen MR) is 79.7 cm³/mol. The number of nitrogens with zero attached hydrogens (tertiary/aromatic N) is 3. The molecule has 0 saturated heterocycles. The van der Waals surface area contributed by atoms with Crippen LogP contribution in [-0.4, -0.2) is 14.8 Å². The first-order chi connectivity index (χ1) is 10.5. The molecule has 7 heteroatoms. The van der Waals surface area contributed by atoms with Crippen LogP contribution >= 0.6 is 11.3 Å². The van der Waals surface area contributed by atoms with E-state index in [1.165, 1.54) is 29.5 Å². The molecule has 2 heterocycles. The van der Waals surface area contributed by atoms with Crippen LogP contribution < -0.4 is 4.74 Å². The molecule has 3 rings (SSSR count). The molecular weight excluding hydrogens is 308 g/mol. The summed E-state index contributed by atoms with van der Waals surface area (Å²) in [5, 5.41) is 4.63. The van der Waals surface area contributed by atoms with Gasteiger partial charge in [-0.3, -0.25) is 4.68 Å². The minimum Gasteiger partial charge on any atom is -0.465 e. The number of rotatable bonds is 4. The molecular formula is C15H13F2N3OS. The van der Waals surface area contributed by atoms with Crippen molar-refractivity contribution in [1.29, 1.82) is 0 Å². The Morgan fingerprint density at radius 2 is 2.00 bits per heavy atom. The second-order valence-corrected chi connectivity index (χ2v) is 5.77. The van der Waals surface area contributed by atoms with Crippen molar-refractivity contribution >= 4 is 11.3 Å². The van der Waals surface area contributed by atoms with E-state index in [0.717, 1.165) is 16.3 Å². The van der Waals surface area contributed by atoms with E-state index < -0.39 is 11.6 Å². The van der Waals surface area contributed by atoms with Crippen molar-refractivity contribution in [3.63, 3.8) is 0 Å². The molecule has 0 aliphatic carbocycles. The maximum atomic E-state index is 13.5. The molecule has 0 N–H and O–H groups in total. The highest BCUT2D eigenvalue weighted by Crippen LogP contribution is 2.31. The third-order valence-electron chi connectivity index (χ3n) is 3.14. The molecule has 4 nitrogen and oxygen atoms in total. The number of thiazole rings is 1. The zero-order valence-corrected chi connectivity index (χ0v) is 12.8. The van der Waals surface area contributed by atoms with Crippen LogP contribution in [0.5, 0.6) is 5.19 Å². The summed E-state index contributed by atoms with van der Waals surface area (Å²) in [5.41, 5.74) is 1.72. The van der Waals surface area contributed by atoms with E-state index in [2.05, 4.69) is 10.1 Å². The van der Waals surface area contributed by atoms with Gasteiger partial charge in [0.05, 0.1) is 28.0 Å².